The molecule has 0 saturated heterocycles. The Morgan fingerprint density at radius 1 is 0.818 bits per heavy atom. The second kappa shape index (κ2) is 16.3. The van der Waals surface area contributed by atoms with Crippen LogP contribution < -0.4 is 0 Å². The van der Waals surface area contributed by atoms with Crippen molar-refractivity contribution in [2.75, 3.05) is 0 Å². The van der Waals surface area contributed by atoms with Gasteiger partial charge in [0.2, 0.25) is 0 Å². The first-order valence-corrected chi connectivity index (χ1v) is 9.24. The molecule has 0 heterocycles. The van der Waals surface area contributed by atoms with E-state index in [4.69, 9.17) is 5.11 Å². The number of carboxylic acid groups (broad SMARTS) is 1. The highest BCUT2D eigenvalue weighted by molar-refractivity contribution is 5.85. The molecule has 0 aliphatic carbocycles. The molecular weight excluding hydrogens is 272 g/mol. The molecule has 0 rings (SSSR count). The minimum atomic E-state index is -0.894. The van der Waals surface area contributed by atoms with Crippen LogP contribution in [0.2, 0.25) is 0 Å². The van der Waals surface area contributed by atoms with Crippen molar-refractivity contribution >= 4 is 5.97 Å². The number of allylic oxidation sites excluding steroid dienone is 2. The number of carboxylic acids is 1. The van der Waals surface area contributed by atoms with Gasteiger partial charge in [0.25, 0.3) is 0 Å². The summed E-state index contributed by atoms with van der Waals surface area (Å²) in [6, 6.07) is 0. The standard InChI is InChI=1S/C20H36O2/c1-3-4-5-6-7-8-9-10-11-12-13-14-15-16-17-18-19(2)20(21)22/h16-17H,2-15,18H2,1H3,(H,21,22). The van der Waals surface area contributed by atoms with Gasteiger partial charge in [0.1, 0.15) is 0 Å². The molecule has 0 amide bonds. The van der Waals surface area contributed by atoms with Gasteiger partial charge >= 0.3 is 5.97 Å². The molecule has 0 unspecified atom stereocenters. The third kappa shape index (κ3) is 15.3. The quantitative estimate of drug-likeness (QED) is 0.196. The highest BCUT2D eigenvalue weighted by Crippen LogP contribution is 2.12. The predicted molar refractivity (Wildman–Crippen MR) is 96.2 cm³/mol. The van der Waals surface area contributed by atoms with Crippen molar-refractivity contribution in [3.8, 4) is 0 Å². The molecule has 0 fully saturated rings. The van der Waals surface area contributed by atoms with E-state index in [0.29, 0.717) is 6.42 Å². The van der Waals surface area contributed by atoms with Gasteiger partial charge in [-0.2, -0.15) is 0 Å². The Bertz CT molecular complexity index is 305. The van der Waals surface area contributed by atoms with Gasteiger partial charge in [-0.05, 0) is 19.3 Å². The molecule has 0 aliphatic heterocycles. The summed E-state index contributed by atoms with van der Waals surface area (Å²) in [5.74, 6) is -0.894. The highest BCUT2D eigenvalue weighted by Gasteiger charge is 1.99. The second-order valence-electron chi connectivity index (χ2n) is 6.26. The molecule has 0 spiro atoms. The van der Waals surface area contributed by atoms with Crippen molar-refractivity contribution < 1.29 is 9.90 Å². The fraction of sp³-hybridized carbons (Fsp3) is 0.750. The van der Waals surface area contributed by atoms with Crippen molar-refractivity contribution in [1.82, 2.24) is 0 Å². The largest absolute Gasteiger partial charge is 0.478 e. The Labute approximate surface area is 137 Å². The zero-order chi connectivity index (χ0) is 16.5. The molecule has 0 aromatic rings. The Kier molecular flexibility index (Phi) is 15.5. The SMILES string of the molecule is C=C(CC=CCCCCCCCCCCCCCC)C(=O)O. The molecule has 2 heteroatoms. The fourth-order valence-corrected chi connectivity index (χ4v) is 2.53. The van der Waals surface area contributed by atoms with Crippen LogP contribution in [0.4, 0.5) is 0 Å². The summed E-state index contributed by atoms with van der Waals surface area (Å²) in [7, 11) is 0. The number of unbranched alkanes of at least 4 members (excludes halogenated alkanes) is 12. The van der Waals surface area contributed by atoms with Gasteiger partial charge in [0.05, 0.1) is 0 Å². The van der Waals surface area contributed by atoms with Gasteiger partial charge < -0.3 is 5.11 Å². The van der Waals surface area contributed by atoms with Gasteiger partial charge in [-0.1, -0.05) is 96.3 Å². The van der Waals surface area contributed by atoms with E-state index >= 15 is 0 Å². The minimum Gasteiger partial charge on any atom is -0.478 e. The van der Waals surface area contributed by atoms with Crippen LogP contribution in [0.15, 0.2) is 24.3 Å². The zero-order valence-electron chi connectivity index (χ0n) is 14.6. The lowest BCUT2D eigenvalue weighted by molar-refractivity contribution is -0.132. The van der Waals surface area contributed by atoms with Crippen molar-refractivity contribution in [1.29, 1.82) is 0 Å². The van der Waals surface area contributed by atoms with Gasteiger partial charge in [0, 0.05) is 5.57 Å². The van der Waals surface area contributed by atoms with E-state index in [9.17, 15) is 4.79 Å². The molecule has 0 saturated carbocycles. The van der Waals surface area contributed by atoms with Gasteiger partial charge in [-0.25, -0.2) is 4.79 Å². The summed E-state index contributed by atoms with van der Waals surface area (Å²) in [5, 5.41) is 8.66. The van der Waals surface area contributed by atoms with E-state index in [2.05, 4.69) is 19.6 Å². The van der Waals surface area contributed by atoms with Crippen LogP contribution in [-0.4, -0.2) is 11.1 Å². The third-order valence-electron chi connectivity index (χ3n) is 4.06. The summed E-state index contributed by atoms with van der Waals surface area (Å²) in [6.07, 6.45) is 22.0. The van der Waals surface area contributed by atoms with Gasteiger partial charge in [-0.15, -0.1) is 0 Å². The summed E-state index contributed by atoms with van der Waals surface area (Å²) in [6.45, 7) is 5.77. The predicted octanol–water partition coefficient (Wildman–Crippen LogP) is 6.66. The van der Waals surface area contributed by atoms with Crippen molar-refractivity contribution in [3.05, 3.63) is 24.3 Å². The summed E-state index contributed by atoms with van der Waals surface area (Å²) < 4.78 is 0. The van der Waals surface area contributed by atoms with E-state index in [-0.39, 0.29) is 5.57 Å². The molecule has 0 aromatic carbocycles. The van der Waals surface area contributed by atoms with Crippen LogP contribution >= 0.6 is 0 Å². The Hall–Kier alpha value is -1.05. The Morgan fingerprint density at radius 3 is 1.73 bits per heavy atom. The normalized spacial score (nSPS) is 11.1. The average molecular weight is 309 g/mol. The van der Waals surface area contributed by atoms with E-state index in [1.54, 1.807) is 0 Å². The summed E-state index contributed by atoms with van der Waals surface area (Å²) in [4.78, 5) is 10.5. The third-order valence-corrected chi connectivity index (χ3v) is 4.06. The number of carbonyl (C=O) groups is 1. The maximum absolute atomic E-state index is 10.5. The Balaban J connectivity index is 3.16. The number of aliphatic carboxylic acids is 1. The lowest BCUT2D eigenvalue weighted by atomic mass is 10.0. The first kappa shape index (κ1) is 20.9. The van der Waals surface area contributed by atoms with Crippen LogP contribution in [0, 0.1) is 0 Å². The molecule has 1 N–H and O–H groups in total. The fourth-order valence-electron chi connectivity index (χ4n) is 2.53. The molecule has 22 heavy (non-hydrogen) atoms. The average Bonchev–Trinajstić information content (AvgIpc) is 2.50. The maximum Gasteiger partial charge on any atom is 0.331 e. The van der Waals surface area contributed by atoms with Crippen LogP contribution in [0.5, 0.6) is 0 Å². The van der Waals surface area contributed by atoms with Crippen LogP contribution in [0.1, 0.15) is 96.8 Å². The number of rotatable bonds is 16. The molecule has 0 atom stereocenters. The summed E-state index contributed by atoms with van der Waals surface area (Å²) >= 11 is 0. The number of hydrogen-bond acceptors (Lipinski definition) is 1. The van der Waals surface area contributed by atoms with Crippen molar-refractivity contribution in [3.63, 3.8) is 0 Å². The molecule has 0 aromatic heterocycles. The van der Waals surface area contributed by atoms with E-state index < -0.39 is 5.97 Å². The Morgan fingerprint density at radius 2 is 1.27 bits per heavy atom. The van der Waals surface area contributed by atoms with Gasteiger partial charge in [-0.3, -0.25) is 0 Å². The smallest absolute Gasteiger partial charge is 0.331 e. The molecular formula is C20H36O2. The maximum atomic E-state index is 10.5. The monoisotopic (exact) mass is 308 g/mol. The lowest BCUT2D eigenvalue weighted by Crippen LogP contribution is -1.96. The number of hydrogen-bond donors (Lipinski definition) is 1. The van der Waals surface area contributed by atoms with Crippen molar-refractivity contribution in [2.45, 2.75) is 96.8 Å². The minimum absolute atomic E-state index is 0.269. The first-order valence-electron chi connectivity index (χ1n) is 9.24. The molecule has 128 valence electrons. The summed E-state index contributed by atoms with van der Waals surface area (Å²) in [5.41, 5.74) is 0.269. The van der Waals surface area contributed by atoms with Gasteiger partial charge in [0.15, 0.2) is 0 Å². The van der Waals surface area contributed by atoms with E-state index in [1.807, 2.05) is 6.08 Å². The molecule has 0 bridgehead atoms. The highest BCUT2D eigenvalue weighted by atomic mass is 16.4. The second-order valence-corrected chi connectivity index (χ2v) is 6.26. The van der Waals surface area contributed by atoms with Crippen LogP contribution in [0.3, 0.4) is 0 Å². The lowest BCUT2D eigenvalue weighted by Gasteiger charge is -2.02. The molecule has 2 nitrogen and oxygen atoms in total. The molecule has 0 aliphatic rings. The van der Waals surface area contributed by atoms with Crippen LogP contribution in [-0.2, 0) is 4.79 Å². The topological polar surface area (TPSA) is 37.3 Å². The van der Waals surface area contributed by atoms with E-state index in [1.165, 1.54) is 77.0 Å². The van der Waals surface area contributed by atoms with Crippen molar-refractivity contribution in [2.24, 2.45) is 0 Å². The first-order chi connectivity index (χ1) is 10.7. The zero-order valence-corrected chi connectivity index (χ0v) is 14.6. The van der Waals surface area contributed by atoms with Crippen LogP contribution in [0.25, 0.3) is 0 Å². The van der Waals surface area contributed by atoms with E-state index in [0.717, 1.165) is 6.42 Å². The molecule has 0 radical (unpaired) electrons.